The quantitative estimate of drug-likeness (QED) is 0.861. The molecule has 0 unspecified atom stereocenters. The first-order chi connectivity index (χ1) is 8.63. The van der Waals surface area contributed by atoms with Crippen LogP contribution in [-0.2, 0) is 6.42 Å². The van der Waals surface area contributed by atoms with Crippen molar-refractivity contribution in [1.29, 1.82) is 0 Å². The minimum Gasteiger partial charge on any atom is -0.390 e. The van der Waals surface area contributed by atoms with E-state index in [1.807, 2.05) is 0 Å². The molecule has 18 heavy (non-hydrogen) atoms. The van der Waals surface area contributed by atoms with E-state index in [-0.39, 0.29) is 0 Å². The zero-order valence-electron chi connectivity index (χ0n) is 10.9. The normalized spacial score (nSPS) is 28.5. The topological polar surface area (TPSA) is 32.3 Å². The Morgan fingerprint density at radius 3 is 2.78 bits per heavy atom. The van der Waals surface area contributed by atoms with Gasteiger partial charge in [-0.25, -0.2) is 0 Å². The number of nitrogens with one attached hydrogen (secondary N) is 1. The molecule has 1 aliphatic carbocycles. The molecule has 0 aliphatic heterocycles. The molecule has 0 radical (unpaired) electrons. The van der Waals surface area contributed by atoms with Crippen molar-refractivity contribution < 1.29 is 5.11 Å². The minimum atomic E-state index is -0.488. The van der Waals surface area contributed by atoms with Gasteiger partial charge in [-0.05, 0) is 66.0 Å². The molecule has 1 heterocycles. The Hall–Kier alpha value is 0.100. The van der Waals surface area contributed by atoms with E-state index in [9.17, 15) is 5.11 Å². The fourth-order valence-corrected chi connectivity index (χ4v) is 4.26. The third-order valence-corrected chi connectivity index (χ3v) is 5.71. The Morgan fingerprint density at radius 2 is 2.22 bits per heavy atom. The zero-order chi connectivity index (χ0) is 13.0. The fraction of sp³-hybridized carbons (Fsp3) is 0.714. The lowest BCUT2D eigenvalue weighted by Gasteiger charge is -2.36. The van der Waals surface area contributed by atoms with E-state index in [2.05, 4.69) is 39.6 Å². The van der Waals surface area contributed by atoms with Gasteiger partial charge in [0.25, 0.3) is 0 Å². The highest BCUT2D eigenvalue weighted by Crippen LogP contribution is 2.35. The second-order valence-corrected chi connectivity index (χ2v) is 7.18. The van der Waals surface area contributed by atoms with Crippen molar-refractivity contribution >= 4 is 27.3 Å². The number of halogens is 1. The predicted octanol–water partition coefficient (Wildman–Crippen LogP) is 3.73. The number of hydrogen-bond donors (Lipinski definition) is 2. The Kier molecular flexibility index (Phi) is 5.24. The van der Waals surface area contributed by atoms with Crippen molar-refractivity contribution in [2.45, 2.75) is 57.1 Å². The van der Waals surface area contributed by atoms with Gasteiger partial charge in [-0.15, -0.1) is 11.3 Å². The van der Waals surface area contributed by atoms with Crippen LogP contribution in [0, 0.1) is 0 Å². The van der Waals surface area contributed by atoms with E-state index in [1.54, 1.807) is 11.3 Å². The Bertz CT molecular complexity index is 372. The summed E-state index contributed by atoms with van der Waals surface area (Å²) in [5.74, 6) is 0. The zero-order valence-corrected chi connectivity index (χ0v) is 13.3. The van der Waals surface area contributed by atoms with Crippen LogP contribution < -0.4 is 5.32 Å². The lowest BCUT2D eigenvalue weighted by molar-refractivity contribution is -0.00251. The predicted molar refractivity (Wildman–Crippen MR) is 81.2 cm³/mol. The summed E-state index contributed by atoms with van der Waals surface area (Å²) in [6, 6.07) is 2.68. The molecule has 1 aromatic rings. The monoisotopic (exact) mass is 331 g/mol. The molecular formula is C14H22BrNOS. The summed E-state index contributed by atoms with van der Waals surface area (Å²) in [6.07, 6.45) is 6.01. The molecule has 0 atom stereocenters. The second kappa shape index (κ2) is 6.51. The molecular weight excluding hydrogens is 310 g/mol. The van der Waals surface area contributed by atoms with Crippen LogP contribution in [0.15, 0.2) is 15.9 Å². The molecule has 2 rings (SSSR count). The maximum atomic E-state index is 10.7. The average molecular weight is 332 g/mol. The SMILES string of the molecule is CCCNC1CCC(O)(Cc2sccc2Br)CC1. The number of aliphatic hydroxyl groups is 1. The third-order valence-electron chi connectivity index (χ3n) is 3.78. The molecule has 0 spiro atoms. The summed E-state index contributed by atoms with van der Waals surface area (Å²) in [5, 5.41) is 16.3. The van der Waals surface area contributed by atoms with E-state index in [4.69, 9.17) is 0 Å². The van der Waals surface area contributed by atoms with Gasteiger partial charge in [0.1, 0.15) is 0 Å². The molecule has 0 saturated heterocycles. The van der Waals surface area contributed by atoms with Gasteiger partial charge in [-0.1, -0.05) is 6.92 Å². The van der Waals surface area contributed by atoms with Gasteiger partial charge >= 0.3 is 0 Å². The van der Waals surface area contributed by atoms with Crippen molar-refractivity contribution in [2.24, 2.45) is 0 Å². The third kappa shape index (κ3) is 3.80. The molecule has 1 aromatic heterocycles. The van der Waals surface area contributed by atoms with E-state index in [0.717, 1.165) is 43.1 Å². The highest BCUT2D eigenvalue weighted by Gasteiger charge is 2.33. The molecule has 0 aromatic carbocycles. The van der Waals surface area contributed by atoms with E-state index >= 15 is 0 Å². The van der Waals surface area contributed by atoms with Crippen molar-refractivity contribution in [3.05, 3.63) is 20.8 Å². The van der Waals surface area contributed by atoms with Crippen LogP contribution in [0.1, 0.15) is 43.9 Å². The Labute approximate surface area is 122 Å². The van der Waals surface area contributed by atoms with Crippen molar-refractivity contribution in [3.63, 3.8) is 0 Å². The van der Waals surface area contributed by atoms with Crippen LogP contribution in [-0.4, -0.2) is 23.3 Å². The lowest BCUT2D eigenvalue weighted by Crippen LogP contribution is -2.42. The Morgan fingerprint density at radius 1 is 1.50 bits per heavy atom. The van der Waals surface area contributed by atoms with Crippen LogP contribution >= 0.6 is 27.3 Å². The van der Waals surface area contributed by atoms with E-state index in [0.29, 0.717) is 6.04 Å². The molecule has 1 saturated carbocycles. The second-order valence-electron chi connectivity index (χ2n) is 5.32. The molecule has 2 nitrogen and oxygen atoms in total. The first-order valence-corrected chi connectivity index (χ1v) is 8.48. The van der Waals surface area contributed by atoms with Crippen molar-refractivity contribution in [1.82, 2.24) is 5.32 Å². The summed E-state index contributed by atoms with van der Waals surface area (Å²) >= 11 is 5.28. The van der Waals surface area contributed by atoms with Gasteiger partial charge in [0, 0.05) is 21.8 Å². The highest BCUT2D eigenvalue weighted by atomic mass is 79.9. The number of hydrogen-bond acceptors (Lipinski definition) is 3. The van der Waals surface area contributed by atoms with Crippen LogP contribution in [0.5, 0.6) is 0 Å². The summed E-state index contributed by atoms with van der Waals surface area (Å²) in [4.78, 5) is 1.28. The lowest BCUT2D eigenvalue weighted by atomic mass is 9.80. The van der Waals surface area contributed by atoms with Gasteiger partial charge in [-0.2, -0.15) is 0 Å². The van der Waals surface area contributed by atoms with E-state index < -0.39 is 5.60 Å². The summed E-state index contributed by atoms with van der Waals surface area (Å²) in [5.41, 5.74) is -0.488. The summed E-state index contributed by atoms with van der Waals surface area (Å²) in [7, 11) is 0. The summed E-state index contributed by atoms with van der Waals surface area (Å²) < 4.78 is 1.15. The first-order valence-electron chi connectivity index (χ1n) is 6.80. The smallest absolute Gasteiger partial charge is 0.0697 e. The summed E-state index contributed by atoms with van der Waals surface area (Å²) in [6.45, 7) is 3.29. The van der Waals surface area contributed by atoms with Gasteiger partial charge in [-0.3, -0.25) is 0 Å². The molecule has 102 valence electrons. The first kappa shape index (κ1) is 14.5. The van der Waals surface area contributed by atoms with Gasteiger partial charge in [0.15, 0.2) is 0 Å². The average Bonchev–Trinajstić information content (AvgIpc) is 2.74. The van der Waals surface area contributed by atoms with Crippen LogP contribution in [0.3, 0.4) is 0 Å². The minimum absolute atomic E-state index is 0.488. The Balaban J connectivity index is 1.85. The molecule has 0 bridgehead atoms. The largest absolute Gasteiger partial charge is 0.390 e. The molecule has 4 heteroatoms. The van der Waals surface area contributed by atoms with Gasteiger partial charge in [0.2, 0.25) is 0 Å². The van der Waals surface area contributed by atoms with Gasteiger partial charge < -0.3 is 10.4 Å². The molecule has 2 N–H and O–H groups in total. The van der Waals surface area contributed by atoms with Crippen LogP contribution in [0.2, 0.25) is 0 Å². The maximum absolute atomic E-state index is 10.7. The van der Waals surface area contributed by atoms with Crippen LogP contribution in [0.4, 0.5) is 0 Å². The van der Waals surface area contributed by atoms with Crippen LogP contribution in [0.25, 0.3) is 0 Å². The standard InChI is InChI=1S/C14H22BrNOS/c1-2-8-16-11-3-6-14(17,7-4-11)10-13-12(15)5-9-18-13/h5,9,11,16-17H,2-4,6-8,10H2,1H3. The van der Waals surface area contributed by atoms with Gasteiger partial charge in [0.05, 0.1) is 5.60 Å². The number of rotatable bonds is 5. The van der Waals surface area contributed by atoms with Crippen molar-refractivity contribution in [3.8, 4) is 0 Å². The highest BCUT2D eigenvalue weighted by molar-refractivity contribution is 9.10. The molecule has 1 fully saturated rings. The molecule has 0 amide bonds. The molecule has 1 aliphatic rings. The van der Waals surface area contributed by atoms with Crippen molar-refractivity contribution in [2.75, 3.05) is 6.54 Å². The fourth-order valence-electron chi connectivity index (χ4n) is 2.63. The van der Waals surface area contributed by atoms with E-state index in [1.165, 1.54) is 11.3 Å². The maximum Gasteiger partial charge on any atom is 0.0697 e. The number of thiophene rings is 1.